The van der Waals surface area contributed by atoms with Crippen LogP contribution in [0.1, 0.15) is 6.92 Å². The largest absolute Gasteiger partial charge is 0.393 e. The Balaban J connectivity index is 4.27. The van der Waals surface area contributed by atoms with Crippen molar-refractivity contribution in [3.05, 3.63) is 0 Å². The molecule has 0 saturated heterocycles. The third-order valence-corrected chi connectivity index (χ3v) is 1.62. The van der Waals surface area contributed by atoms with Crippen LogP contribution >= 0.6 is 11.8 Å². The summed E-state index contributed by atoms with van der Waals surface area (Å²) in [7, 11) is 1.35. The molecule has 0 aromatic rings. The minimum absolute atomic E-state index is 0.488. The van der Waals surface area contributed by atoms with Gasteiger partial charge >= 0.3 is 5.30 Å². The van der Waals surface area contributed by atoms with Crippen molar-refractivity contribution in [2.75, 3.05) is 12.8 Å². The van der Waals surface area contributed by atoms with Crippen LogP contribution in [0.5, 0.6) is 0 Å². The molecule has 7 heteroatoms. The quantitative estimate of drug-likeness (QED) is 0.420. The number of amides is 1. The monoisotopic (exact) mass is 215 g/mol. The molecule has 0 rings (SSSR count). The van der Waals surface area contributed by atoms with Gasteiger partial charge in [0.15, 0.2) is 0 Å². The van der Waals surface area contributed by atoms with Gasteiger partial charge in [-0.15, -0.1) is 0 Å². The zero-order valence-corrected chi connectivity index (χ0v) is 8.55. The van der Waals surface area contributed by atoms with Crippen LogP contribution in [0.4, 0.5) is 4.79 Å². The van der Waals surface area contributed by atoms with E-state index in [2.05, 4.69) is 15.3 Å². The van der Waals surface area contributed by atoms with E-state index in [0.29, 0.717) is 5.75 Å². The summed E-state index contributed by atoms with van der Waals surface area (Å²) in [6, 6.07) is 1.50. The molecule has 0 aliphatic heterocycles. The Morgan fingerprint density at radius 2 is 2.29 bits per heavy atom. The first-order valence-corrected chi connectivity index (χ1v) is 4.68. The Hall–Kier alpha value is -1.55. The maximum atomic E-state index is 10.9. The van der Waals surface area contributed by atoms with Crippen LogP contribution < -0.4 is 5.32 Å². The number of hydrogen-bond donors (Lipinski definition) is 1. The van der Waals surface area contributed by atoms with Gasteiger partial charge < -0.3 is 10.2 Å². The number of oxime groups is 1. The van der Waals surface area contributed by atoms with E-state index in [-0.39, 0.29) is 0 Å². The van der Waals surface area contributed by atoms with E-state index in [1.807, 2.05) is 0 Å². The number of hydrogen-bond acceptors (Lipinski definition) is 6. The van der Waals surface area contributed by atoms with Gasteiger partial charge in [0.2, 0.25) is 5.71 Å². The average Bonchev–Trinajstić information content (AvgIpc) is 2.18. The van der Waals surface area contributed by atoms with Crippen LogP contribution in [-0.4, -0.2) is 29.7 Å². The van der Waals surface area contributed by atoms with Crippen molar-refractivity contribution in [1.82, 2.24) is 5.32 Å². The third kappa shape index (κ3) is 4.47. The van der Waals surface area contributed by atoms with E-state index >= 15 is 0 Å². The molecule has 0 aromatic carbocycles. The van der Waals surface area contributed by atoms with E-state index in [1.165, 1.54) is 13.1 Å². The lowest BCUT2D eigenvalue weighted by atomic mass is 10.4. The minimum atomic E-state index is -0.693. The first kappa shape index (κ1) is 12.4. The van der Waals surface area contributed by atoms with Crippen LogP contribution in [0.25, 0.3) is 0 Å². The number of thioether (sulfide) groups is 1. The van der Waals surface area contributed by atoms with Gasteiger partial charge in [-0.1, -0.05) is 12.1 Å². The second-order valence-electron chi connectivity index (χ2n) is 1.91. The second kappa shape index (κ2) is 6.91. The molecule has 0 spiro atoms. The number of nitriles is 1. The van der Waals surface area contributed by atoms with Crippen LogP contribution in [0.15, 0.2) is 5.16 Å². The molecule has 0 radical (unpaired) electrons. The molecule has 1 N–H and O–H groups in total. The molecule has 0 bridgehead atoms. The number of carbonyl (C=O) groups excluding carboxylic acids is 2. The number of nitrogens with zero attached hydrogens (tertiary/aromatic N) is 2. The van der Waals surface area contributed by atoms with Crippen molar-refractivity contribution in [2.45, 2.75) is 6.92 Å². The third-order valence-electron chi connectivity index (χ3n) is 1.02. The van der Waals surface area contributed by atoms with Crippen molar-refractivity contribution in [3.63, 3.8) is 0 Å². The van der Waals surface area contributed by atoms with Gasteiger partial charge in [0, 0.05) is 12.8 Å². The molecule has 0 unspecified atom stereocenters. The Kier molecular flexibility index (Phi) is 6.15. The summed E-state index contributed by atoms with van der Waals surface area (Å²) in [4.78, 5) is 25.9. The highest BCUT2D eigenvalue weighted by Gasteiger charge is 2.10. The lowest BCUT2D eigenvalue weighted by Crippen LogP contribution is -2.26. The van der Waals surface area contributed by atoms with Gasteiger partial charge in [-0.2, -0.15) is 5.26 Å². The summed E-state index contributed by atoms with van der Waals surface area (Å²) in [6.45, 7) is 1.76. The van der Waals surface area contributed by atoms with E-state index in [4.69, 9.17) is 5.26 Å². The van der Waals surface area contributed by atoms with Gasteiger partial charge in [0.25, 0.3) is 5.91 Å². The topological polar surface area (TPSA) is 91.5 Å². The number of carbonyl (C=O) groups is 2. The van der Waals surface area contributed by atoms with Crippen molar-refractivity contribution in [3.8, 4) is 6.07 Å². The maximum absolute atomic E-state index is 10.9. The molecule has 0 aliphatic rings. The molecule has 76 valence electrons. The standard InChI is InChI=1S/C7H9N3O3S/c1-3-14-7(12)13-10-5(4-8)6(11)9-2/h3H2,1-2H3,(H,9,11). The van der Waals surface area contributed by atoms with E-state index in [0.717, 1.165) is 11.8 Å². The van der Waals surface area contributed by atoms with Crippen molar-refractivity contribution < 1.29 is 14.4 Å². The second-order valence-corrected chi connectivity index (χ2v) is 3.10. The van der Waals surface area contributed by atoms with Crippen molar-refractivity contribution >= 4 is 28.7 Å². The summed E-state index contributed by atoms with van der Waals surface area (Å²) < 4.78 is 0. The fraction of sp³-hybridized carbons (Fsp3) is 0.429. The SMILES string of the molecule is CCSC(=O)ON=C(C#N)C(=O)NC. The molecule has 0 aliphatic carbocycles. The van der Waals surface area contributed by atoms with E-state index in [9.17, 15) is 9.59 Å². The smallest absolute Gasteiger partial charge is 0.353 e. The first-order valence-electron chi connectivity index (χ1n) is 3.69. The highest BCUT2D eigenvalue weighted by molar-refractivity contribution is 8.13. The summed E-state index contributed by atoms with van der Waals surface area (Å²) in [6.07, 6.45) is 0. The Bertz CT molecular complexity index is 295. The van der Waals surface area contributed by atoms with Crippen LogP contribution in [0.2, 0.25) is 0 Å². The zero-order chi connectivity index (χ0) is 11.0. The van der Waals surface area contributed by atoms with Gasteiger partial charge in [-0.25, -0.2) is 4.79 Å². The maximum Gasteiger partial charge on any atom is 0.393 e. The summed E-state index contributed by atoms with van der Waals surface area (Å²) in [5.74, 6) is -0.155. The van der Waals surface area contributed by atoms with Gasteiger partial charge in [-0.05, 0) is 11.8 Å². The van der Waals surface area contributed by atoms with Crippen LogP contribution in [-0.2, 0) is 9.63 Å². The lowest BCUT2D eigenvalue weighted by Gasteiger charge is -1.96. The Labute approximate surface area is 85.3 Å². The molecule has 0 heterocycles. The Morgan fingerprint density at radius 3 is 2.71 bits per heavy atom. The zero-order valence-electron chi connectivity index (χ0n) is 7.73. The van der Waals surface area contributed by atoms with Gasteiger partial charge in [0.05, 0.1) is 0 Å². The van der Waals surface area contributed by atoms with Crippen molar-refractivity contribution in [2.24, 2.45) is 5.16 Å². The molecule has 1 amide bonds. The molecule has 0 atom stereocenters. The predicted molar refractivity (Wildman–Crippen MR) is 51.7 cm³/mol. The van der Waals surface area contributed by atoms with E-state index < -0.39 is 16.9 Å². The van der Waals surface area contributed by atoms with E-state index in [1.54, 1.807) is 6.92 Å². The molecular weight excluding hydrogens is 206 g/mol. The molecule has 14 heavy (non-hydrogen) atoms. The highest BCUT2D eigenvalue weighted by Crippen LogP contribution is 2.03. The van der Waals surface area contributed by atoms with Gasteiger partial charge in [0.1, 0.15) is 6.07 Å². The fourth-order valence-corrected chi connectivity index (χ4v) is 0.784. The molecule has 6 nitrogen and oxygen atoms in total. The Morgan fingerprint density at radius 1 is 1.64 bits per heavy atom. The van der Waals surface area contributed by atoms with Crippen molar-refractivity contribution in [1.29, 1.82) is 5.26 Å². The number of rotatable bonds is 3. The minimum Gasteiger partial charge on any atom is -0.353 e. The predicted octanol–water partition coefficient (Wildman–Crippen LogP) is 0.502. The van der Waals surface area contributed by atoms with Crippen LogP contribution in [0.3, 0.4) is 0 Å². The van der Waals surface area contributed by atoms with Gasteiger partial charge in [-0.3, -0.25) is 4.79 Å². The normalized spacial score (nSPS) is 10.2. The molecule has 0 fully saturated rings. The fourth-order valence-electron chi connectivity index (χ4n) is 0.458. The summed E-state index contributed by atoms with van der Waals surface area (Å²) in [5, 5.41) is 13.1. The molecule has 0 aromatic heterocycles. The summed E-state index contributed by atoms with van der Waals surface area (Å²) >= 11 is 0.894. The first-order chi connectivity index (χ1) is 6.65. The average molecular weight is 215 g/mol. The summed E-state index contributed by atoms with van der Waals surface area (Å²) in [5.41, 5.74) is -0.488. The molecule has 0 saturated carbocycles. The van der Waals surface area contributed by atoms with Crippen LogP contribution in [0, 0.1) is 11.3 Å². The lowest BCUT2D eigenvalue weighted by molar-refractivity contribution is -0.114. The highest BCUT2D eigenvalue weighted by atomic mass is 32.2. The molecular formula is C7H9N3O3S. The number of nitrogens with one attached hydrogen (secondary N) is 1.